The van der Waals surface area contributed by atoms with Crippen molar-refractivity contribution in [3.63, 3.8) is 0 Å². The first-order valence-corrected chi connectivity index (χ1v) is 12.1. The number of hydrogen-bond acceptors (Lipinski definition) is 4. The molecule has 2 aliphatic rings. The molecule has 1 fully saturated rings. The fourth-order valence-electron chi connectivity index (χ4n) is 4.05. The molecule has 0 radical (unpaired) electrons. The zero-order chi connectivity index (χ0) is 20.8. The number of piperidine rings is 1. The van der Waals surface area contributed by atoms with Crippen LogP contribution in [0.2, 0.25) is 5.15 Å². The second kappa shape index (κ2) is 8.02. The molecule has 0 aliphatic carbocycles. The van der Waals surface area contributed by atoms with Gasteiger partial charge in [0.05, 0.1) is 0 Å². The minimum Gasteiger partial charge on any atom is -0.309 e. The summed E-state index contributed by atoms with van der Waals surface area (Å²) in [5.74, 6) is 0.110. The largest absolute Gasteiger partial charge is 0.309 e. The van der Waals surface area contributed by atoms with E-state index in [0.717, 1.165) is 22.1 Å². The minimum atomic E-state index is -3.63. The third-order valence-electron chi connectivity index (χ3n) is 5.59. The summed E-state index contributed by atoms with van der Waals surface area (Å²) in [6.45, 7) is 0.731. The molecular weight excluding hydrogens is 476 g/mol. The van der Waals surface area contributed by atoms with Gasteiger partial charge in [0.2, 0.25) is 15.9 Å². The lowest BCUT2D eigenvalue weighted by atomic mass is 9.96. The highest BCUT2D eigenvalue weighted by molar-refractivity contribution is 9.10. The highest BCUT2D eigenvalue weighted by atomic mass is 79.9. The second-order valence-corrected chi connectivity index (χ2v) is 10.7. The van der Waals surface area contributed by atoms with Gasteiger partial charge in [0.1, 0.15) is 17.9 Å². The molecule has 4 rings (SSSR count). The van der Waals surface area contributed by atoms with Gasteiger partial charge in [0, 0.05) is 41.9 Å². The lowest BCUT2D eigenvalue weighted by Gasteiger charge is -2.40. The van der Waals surface area contributed by atoms with Gasteiger partial charge in [-0.3, -0.25) is 4.79 Å². The van der Waals surface area contributed by atoms with E-state index in [9.17, 15) is 13.2 Å². The Balaban J connectivity index is 1.52. The first-order valence-electron chi connectivity index (χ1n) is 9.50. The number of benzene rings is 1. The van der Waals surface area contributed by atoms with Gasteiger partial charge in [-0.25, -0.2) is 13.4 Å². The highest BCUT2D eigenvalue weighted by Crippen LogP contribution is 2.34. The molecule has 1 amide bonds. The van der Waals surface area contributed by atoms with Crippen LogP contribution in [-0.4, -0.2) is 50.6 Å². The van der Waals surface area contributed by atoms with E-state index in [1.54, 1.807) is 13.9 Å². The Kier molecular flexibility index (Phi) is 5.76. The number of rotatable bonds is 3. The van der Waals surface area contributed by atoms with Gasteiger partial charge in [0.15, 0.2) is 0 Å². The summed E-state index contributed by atoms with van der Waals surface area (Å²) in [5.41, 5.74) is 2.73. The van der Waals surface area contributed by atoms with Crippen LogP contribution in [0.3, 0.4) is 0 Å². The van der Waals surface area contributed by atoms with Crippen molar-refractivity contribution in [2.24, 2.45) is 0 Å². The molecule has 0 saturated carbocycles. The van der Waals surface area contributed by atoms with Crippen LogP contribution in [0.1, 0.15) is 24.8 Å². The van der Waals surface area contributed by atoms with Gasteiger partial charge in [-0.05, 0) is 49.1 Å². The number of aryl methyl sites for hydroxylation is 1. The number of halogens is 2. The fourth-order valence-corrected chi connectivity index (χ4v) is 6.06. The van der Waals surface area contributed by atoms with Crippen molar-refractivity contribution >= 4 is 62.5 Å². The van der Waals surface area contributed by atoms with Crippen molar-refractivity contribution in [3.05, 3.63) is 45.7 Å². The van der Waals surface area contributed by atoms with Crippen molar-refractivity contribution in [2.45, 2.75) is 36.6 Å². The number of anilines is 1. The molecule has 29 heavy (non-hydrogen) atoms. The van der Waals surface area contributed by atoms with E-state index in [-0.39, 0.29) is 16.8 Å². The summed E-state index contributed by atoms with van der Waals surface area (Å²) in [5, 5.41) is 0.302. The van der Waals surface area contributed by atoms with Crippen LogP contribution >= 0.6 is 27.5 Å². The first-order chi connectivity index (χ1) is 13.8. The van der Waals surface area contributed by atoms with Gasteiger partial charge in [-0.2, -0.15) is 4.31 Å². The van der Waals surface area contributed by atoms with Crippen molar-refractivity contribution in [1.82, 2.24) is 9.29 Å². The normalized spacial score (nSPS) is 18.7. The van der Waals surface area contributed by atoms with E-state index in [1.807, 2.05) is 17.0 Å². The SMILES string of the molecule is Bc1cc(S(=O)(=O)N2CCC(N3C(=O)CCc4cc(Br)ccc43)CC2)cnc1Cl. The summed E-state index contributed by atoms with van der Waals surface area (Å²) in [6, 6.07) is 7.53. The molecule has 0 unspecified atom stereocenters. The van der Waals surface area contributed by atoms with E-state index >= 15 is 0 Å². The molecule has 0 bridgehead atoms. The second-order valence-electron chi connectivity index (χ2n) is 7.45. The van der Waals surface area contributed by atoms with Crippen LogP contribution < -0.4 is 10.4 Å². The summed E-state index contributed by atoms with van der Waals surface area (Å²) in [4.78, 5) is 18.7. The molecule has 10 heteroatoms. The van der Waals surface area contributed by atoms with E-state index < -0.39 is 10.0 Å². The fraction of sp³-hybridized carbons (Fsp3) is 0.368. The van der Waals surface area contributed by atoms with Crippen molar-refractivity contribution in [3.8, 4) is 0 Å². The Morgan fingerprint density at radius 3 is 2.59 bits per heavy atom. The van der Waals surface area contributed by atoms with Crippen LogP contribution in [0.15, 0.2) is 39.8 Å². The van der Waals surface area contributed by atoms with Crippen molar-refractivity contribution < 1.29 is 13.2 Å². The van der Waals surface area contributed by atoms with Crippen LogP contribution in [-0.2, 0) is 21.2 Å². The van der Waals surface area contributed by atoms with Gasteiger partial charge in [-0.15, -0.1) is 0 Å². The van der Waals surface area contributed by atoms with Crippen LogP contribution in [0, 0.1) is 0 Å². The number of carbonyl (C=O) groups is 1. The zero-order valence-electron chi connectivity index (χ0n) is 15.9. The number of hydrogen-bond donors (Lipinski definition) is 0. The minimum absolute atomic E-state index is 0.000690. The molecule has 1 aromatic carbocycles. The molecule has 2 aliphatic heterocycles. The molecule has 3 heterocycles. The number of carbonyl (C=O) groups excluding carboxylic acids is 1. The maximum absolute atomic E-state index is 13.0. The Hall–Kier alpha value is -1.42. The number of fused-ring (bicyclic) bond motifs is 1. The molecule has 0 N–H and O–H groups in total. The van der Waals surface area contributed by atoms with Crippen molar-refractivity contribution in [2.75, 3.05) is 18.0 Å². The monoisotopic (exact) mass is 495 g/mol. The van der Waals surface area contributed by atoms with E-state index in [0.29, 0.717) is 43.0 Å². The Labute approximate surface area is 184 Å². The number of amides is 1. The summed E-state index contributed by atoms with van der Waals surface area (Å²) in [7, 11) is -1.90. The number of pyridine rings is 1. The summed E-state index contributed by atoms with van der Waals surface area (Å²) in [6.07, 6.45) is 3.72. The molecule has 6 nitrogen and oxygen atoms in total. The van der Waals surface area contributed by atoms with Crippen molar-refractivity contribution in [1.29, 1.82) is 0 Å². The van der Waals surface area contributed by atoms with E-state index in [2.05, 4.69) is 27.0 Å². The van der Waals surface area contributed by atoms with Crippen LogP contribution in [0.5, 0.6) is 0 Å². The smallest absolute Gasteiger partial charge is 0.244 e. The molecule has 152 valence electrons. The molecular formula is C19H20BBrClN3O3S. The Morgan fingerprint density at radius 2 is 1.90 bits per heavy atom. The number of aromatic nitrogens is 1. The van der Waals surface area contributed by atoms with Crippen LogP contribution in [0.25, 0.3) is 0 Å². The van der Waals surface area contributed by atoms with Gasteiger partial charge in [0.25, 0.3) is 0 Å². The molecule has 1 aromatic heterocycles. The third kappa shape index (κ3) is 3.97. The van der Waals surface area contributed by atoms with E-state index in [4.69, 9.17) is 11.6 Å². The summed E-state index contributed by atoms with van der Waals surface area (Å²) >= 11 is 9.42. The average Bonchev–Trinajstić information content (AvgIpc) is 2.70. The lowest BCUT2D eigenvalue weighted by molar-refractivity contribution is -0.119. The maximum atomic E-state index is 13.0. The lowest BCUT2D eigenvalue weighted by Crippen LogP contribution is -2.50. The van der Waals surface area contributed by atoms with Gasteiger partial charge in [-0.1, -0.05) is 33.0 Å². The number of nitrogens with zero attached hydrogens (tertiary/aromatic N) is 3. The molecule has 0 atom stereocenters. The quantitative estimate of drug-likeness (QED) is 0.481. The Bertz CT molecular complexity index is 1070. The highest BCUT2D eigenvalue weighted by Gasteiger charge is 2.36. The topological polar surface area (TPSA) is 70.6 Å². The van der Waals surface area contributed by atoms with Gasteiger partial charge < -0.3 is 4.90 Å². The average molecular weight is 497 g/mol. The van der Waals surface area contributed by atoms with Crippen LogP contribution in [0.4, 0.5) is 5.69 Å². The maximum Gasteiger partial charge on any atom is 0.244 e. The van der Waals surface area contributed by atoms with E-state index in [1.165, 1.54) is 10.5 Å². The zero-order valence-corrected chi connectivity index (χ0v) is 19.1. The standard InChI is InChI=1S/C19H20BBrClN3O3S/c20-16-10-15(11-23-19(16)22)29(27,28)24-7-5-14(6-8-24)25-17-3-2-13(21)9-12(17)1-4-18(25)26/h2-3,9-11,14H,1,4-8,20H2. The summed E-state index contributed by atoms with van der Waals surface area (Å²) < 4.78 is 28.5. The number of sulfonamides is 1. The Morgan fingerprint density at radius 1 is 1.17 bits per heavy atom. The predicted molar refractivity (Wildman–Crippen MR) is 119 cm³/mol. The predicted octanol–water partition coefficient (Wildman–Crippen LogP) is 1.89. The molecule has 1 saturated heterocycles. The molecule has 0 spiro atoms. The third-order valence-corrected chi connectivity index (χ3v) is 8.35. The molecule has 2 aromatic rings. The first kappa shape index (κ1) is 20.8. The van der Waals surface area contributed by atoms with Gasteiger partial charge >= 0.3 is 0 Å².